The molecule has 1 spiro atoms. The van der Waals surface area contributed by atoms with Crippen LogP contribution < -0.4 is 0 Å². The molecule has 0 saturated heterocycles. The van der Waals surface area contributed by atoms with Crippen LogP contribution in [0.25, 0.3) is 0 Å². The van der Waals surface area contributed by atoms with Gasteiger partial charge in [-0.3, -0.25) is 0 Å². The van der Waals surface area contributed by atoms with E-state index in [1.807, 2.05) is 0 Å². The van der Waals surface area contributed by atoms with Gasteiger partial charge in [0.2, 0.25) is 0 Å². The Hall–Kier alpha value is 0.0500. The van der Waals surface area contributed by atoms with Gasteiger partial charge >= 0.3 is 5.51 Å². The minimum atomic E-state index is -6.09. The Morgan fingerprint density at radius 1 is 1.08 bits per heavy atom. The van der Waals surface area contributed by atoms with Crippen LogP contribution in [0.1, 0.15) is 59.8 Å². The highest BCUT2D eigenvalue weighted by atomic mass is 32.2. The summed E-state index contributed by atoms with van der Waals surface area (Å²) in [4.78, 5) is 0. The molecule has 0 unspecified atom stereocenters. The van der Waals surface area contributed by atoms with Gasteiger partial charge in [-0.1, -0.05) is 20.8 Å². The van der Waals surface area contributed by atoms with Crippen molar-refractivity contribution in [1.29, 1.82) is 0 Å². The van der Waals surface area contributed by atoms with E-state index in [-0.39, 0.29) is 0 Å². The molecule has 3 aliphatic rings. The summed E-state index contributed by atoms with van der Waals surface area (Å²) in [7, 11) is -5.52. The maximum Gasteiger partial charge on any atom is 0.485 e. The lowest BCUT2D eigenvalue weighted by molar-refractivity contribution is -0.0517. The van der Waals surface area contributed by atoms with Gasteiger partial charge in [0, 0.05) is 5.41 Å². The smallest absolute Gasteiger partial charge is 0.485 e. The SMILES string of the molecule is C[C@@H]1CC[C@]23C[C@H]1C(C)(C)[C@@H]2CC[C@@]3(C)[S+](C)C.O=S(=O)([O-])C(F)(F)F. The van der Waals surface area contributed by atoms with Gasteiger partial charge in [0.1, 0.15) is 4.75 Å². The first kappa shape index (κ1) is 22.3. The van der Waals surface area contributed by atoms with Gasteiger partial charge in [-0.25, -0.2) is 8.42 Å². The predicted molar refractivity (Wildman–Crippen MR) is 98.8 cm³/mol. The minimum absolute atomic E-state index is 0.568. The molecule has 0 N–H and O–H groups in total. The first-order valence-corrected chi connectivity index (χ1v) is 12.6. The maximum absolute atomic E-state index is 10.7. The van der Waals surface area contributed by atoms with Crippen molar-refractivity contribution in [3.8, 4) is 0 Å². The molecule has 154 valence electrons. The number of halogens is 3. The van der Waals surface area contributed by atoms with Gasteiger partial charge in [-0.05, 0) is 73.1 Å². The Morgan fingerprint density at radius 3 is 2.00 bits per heavy atom. The predicted octanol–water partition coefficient (Wildman–Crippen LogP) is 4.55. The van der Waals surface area contributed by atoms with E-state index in [1.54, 1.807) is 6.42 Å². The molecule has 0 heterocycles. The van der Waals surface area contributed by atoms with Crippen molar-refractivity contribution in [1.82, 2.24) is 0 Å². The molecule has 3 saturated carbocycles. The lowest BCUT2D eigenvalue weighted by Crippen LogP contribution is -2.49. The van der Waals surface area contributed by atoms with E-state index in [2.05, 4.69) is 40.2 Å². The topological polar surface area (TPSA) is 57.2 Å². The van der Waals surface area contributed by atoms with Gasteiger partial charge < -0.3 is 4.55 Å². The minimum Gasteiger partial charge on any atom is -0.741 e. The van der Waals surface area contributed by atoms with Crippen LogP contribution in [0.5, 0.6) is 0 Å². The summed E-state index contributed by atoms with van der Waals surface area (Å²) >= 11 is 0. The van der Waals surface area contributed by atoms with E-state index in [0.29, 0.717) is 26.5 Å². The Morgan fingerprint density at radius 2 is 1.58 bits per heavy atom. The van der Waals surface area contributed by atoms with Crippen LogP contribution in [-0.2, 0) is 21.0 Å². The number of fused-ring (bicyclic) bond motifs is 1. The average Bonchev–Trinajstić information content (AvgIpc) is 2.84. The van der Waals surface area contributed by atoms with Gasteiger partial charge in [-0.15, -0.1) is 0 Å². The summed E-state index contributed by atoms with van der Waals surface area (Å²) < 4.78 is 59.5. The van der Waals surface area contributed by atoms with Gasteiger partial charge in [0.05, 0.1) is 12.5 Å². The lowest BCUT2D eigenvalue weighted by atomic mass is 9.65. The Balaban J connectivity index is 0.000000260. The molecule has 3 rings (SSSR count). The largest absolute Gasteiger partial charge is 0.741 e. The van der Waals surface area contributed by atoms with Crippen molar-refractivity contribution >= 4 is 21.0 Å². The summed E-state index contributed by atoms with van der Waals surface area (Å²) in [6.45, 7) is 10.4. The molecule has 5 atom stereocenters. The maximum atomic E-state index is 10.7. The van der Waals surface area contributed by atoms with E-state index in [0.717, 1.165) is 17.8 Å². The van der Waals surface area contributed by atoms with Gasteiger partial charge in [0.25, 0.3) is 0 Å². The summed E-state index contributed by atoms with van der Waals surface area (Å²) in [5.41, 5.74) is -4.33. The van der Waals surface area contributed by atoms with Crippen LogP contribution in [0.15, 0.2) is 0 Å². The first-order valence-electron chi connectivity index (χ1n) is 9.10. The number of rotatable bonds is 1. The quantitative estimate of drug-likeness (QED) is 0.358. The fraction of sp³-hybridized carbons (Fsp3) is 1.00. The second kappa shape index (κ2) is 6.55. The normalized spacial score (nSPS) is 41.6. The molecule has 0 aliphatic heterocycles. The van der Waals surface area contributed by atoms with E-state index in [4.69, 9.17) is 13.0 Å². The van der Waals surface area contributed by atoms with Gasteiger partial charge in [0.15, 0.2) is 10.1 Å². The van der Waals surface area contributed by atoms with E-state index in [9.17, 15) is 13.2 Å². The van der Waals surface area contributed by atoms with Crippen LogP contribution in [0.3, 0.4) is 0 Å². The molecular formula is C18H31F3O3S2. The van der Waals surface area contributed by atoms with E-state index in [1.165, 1.54) is 25.7 Å². The van der Waals surface area contributed by atoms with Crippen molar-refractivity contribution in [2.45, 2.75) is 70.1 Å². The van der Waals surface area contributed by atoms with E-state index >= 15 is 0 Å². The first-order chi connectivity index (χ1) is 11.5. The Labute approximate surface area is 158 Å². The highest BCUT2D eigenvalue weighted by Crippen LogP contribution is 2.74. The van der Waals surface area contributed by atoms with Crippen LogP contribution >= 0.6 is 0 Å². The molecule has 0 aromatic carbocycles. The molecule has 2 bridgehead atoms. The molecule has 8 heteroatoms. The van der Waals surface area contributed by atoms with E-state index < -0.39 is 15.6 Å². The third-order valence-electron chi connectivity index (χ3n) is 7.99. The number of hydrogen-bond acceptors (Lipinski definition) is 3. The monoisotopic (exact) mass is 416 g/mol. The summed E-state index contributed by atoms with van der Waals surface area (Å²) in [6.07, 6.45) is 12.6. The highest BCUT2D eigenvalue weighted by Gasteiger charge is 2.73. The van der Waals surface area contributed by atoms with Crippen molar-refractivity contribution in [3.63, 3.8) is 0 Å². The van der Waals surface area contributed by atoms with Crippen LogP contribution in [0.2, 0.25) is 0 Å². The molecule has 3 aliphatic carbocycles. The molecule has 0 aromatic heterocycles. The highest BCUT2D eigenvalue weighted by molar-refractivity contribution is 7.96. The van der Waals surface area contributed by atoms with Crippen molar-refractivity contribution < 1.29 is 26.1 Å². The van der Waals surface area contributed by atoms with Crippen LogP contribution in [0.4, 0.5) is 13.2 Å². The fourth-order valence-electron chi connectivity index (χ4n) is 6.44. The molecule has 0 radical (unpaired) electrons. The van der Waals surface area contributed by atoms with Crippen LogP contribution in [0, 0.1) is 28.6 Å². The zero-order valence-corrected chi connectivity index (χ0v) is 18.1. The third kappa shape index (κ3) is 3.21. The number of hydrogen-bond donors (Lipinski definition) is 0. The molecular weight excluding hydrogens is 385 g/mol. The summed E-state index contributed by atoms with van der Waals surface area (Å²) in [5.74, 6) is 2.98. The molecule has 0 amide bonds. The standard InChI is InChI=1S/C17H31S.CHF3O3S/c1-12-7-10-17-11-13(12)15(2,3)14(17)8-9-16(17,4)18(5)6;2-1(3,4)8(5,6)7/h12-14H,7-11H2,1-6H3;(H,5,6,7)/q+1;/p-1/t12-,13-,14+,16-,17+;/m1./s1. The molecule has 3 nitrogen and oxygen atoms in total. The average molecular weight is 417 g/mol. The summed E-state index contributed by atoms with van der Waals surface area (Å²) in [5, 5.41) is 0. The lowest BCUT2D eigenvalue weighted by Gasteiger charge is -2.44. The zero-order valence-electron chi connectivity index (χ0n) is 16.4. The second-order valence-corrected chi connectivity index (χ2v) is 13.2. The Kier molecular flexibility index (Phi) is 5.62. The van der Waals surface area contributed by atoms with Gasteiger partial charge in [-0.2, -0.15) is 13.2 Å². The van der Waals surface area contributed by atoms with Crippen molar-refractivity contribution in [3.05, 3.63) is 0 Å². The summed E-state index contributed by atoms with van der Waals surface area (Å²) in [6, 6.07) is 0. The number of alkyl halides is 3. The zero-order chi connectivity index (χ0) is 20.3. The second-order valence-electron chi connectivity index (χ2n) is 9.34. The van der Waals surface area contributed by atoms with Crippen LogP contribution in [-0.4, -0.2) is 35.7 Å². The molecule has 3 fully saturated rings. The molecule has 0 aromatic rings. The molecule has 26 heavy (non-hydrogen) atoms. The van der Waals surface area contributed by atoms with Crippen molar-refractivity contribution in [2.24, 2.45) is 28.6 Å². The van der Waals surface area contributed by atoms with Crippen molar-refractivity contribution in [2.75, 3.05) is 12.5 Å². The fourth-order valence-corrected chi connectivity index (χ4v) is 8.11. The Bertz CT molecular complexity index is 645. The third-order valence-corrected chi connectivity index (χ3v) is 11.0.